The van der Waals surface area contributed by atoms with E-state index in [4.69, 9.17) is 0 Å². The maximum Gasteiger partial charge on any atom is 0.244 e. The molecule has 1 fully saturated rings. The lowest BCUT2D eigenvalue weighted by molar-refractivity contribution is -0.122. The molecule has 1 amide bonds. The fraction of sp³-hybridized carbons (Fsp3) is 0.130. The van der Waals surface area contributed by atoms with Gasteiger partial charge in [-0.05, 0) is 35.2 Å². The van der Waals surface area contributed by atoms with E-state index in [0.717, 1.165) is 16.5 Å². The summed E-state index contributed by atoms with van der Waals surface area (Å²) >= 11 is 3.41. The number of rotatable bonds is 5. The number of carbonyl (C=O) groups is 1. The van der Waals surface area contributed by atoms with Gasteiger partial charge in [-0.25, -0.2) is 5.43 Å². The molecule has 0 bridgehead atoms. The van der Waals surface area contributed by atoms with Crippen molar-refractivity contribution in [2.24, 2.45) is 11.0 Å². The van der Waals surface area contributed by atoms with Crippen LogP contribution in [0.5, 0.6) is 0 Å². The lowest BCUT2D eigenvalue weighted by atomic mass is 9.85. The monoisotopic (exact) mass is 418 g/mol. The quantitative estimate of drug-likeness (QED) is 0.464. The lowest BCUT2D eigenvalue weighted by Crippen LogP contribution is -2.25. The molecular formula is C23H19BrN2O. The zero-order valence-corrected chi connectivity index (χ0v) is 16.3. The zero-order chi connectivity index (χ0) is 18.7. The number of nitrogens with one attached hydrogen (secondary N) is 1. The minimum atomic E-state index is -0.264. The van der Waals surface area contributed by atoms with Crippen LogP contribution in [0.1, 0.15) is 23.1 Å². The first-order valence-electron chi connectivity index (χ1n) is 8.90. The summed E-state index contributed by atoms with van der Waals surface area (Å²) in [5.74, 6) is -0.166. The van der Waals surface area contributed by atoms with Crippen LogP contribution in [0.15, 0.2) is 94.5 Å². The average Bonchev–Trinajstić information content (AvgIpc) is 3.48. The Hall–Kier alpha value is -2.72. The normalized spacial score (nSPS) is 17.6. The summed E-state index contributed by atoms with van der Waals surface area (Å²) in [7, 11) is 0. The van der Waals surface area contributed by atoms with Gasteiger partial charge in [0.15, 0.2) is 0 Å². The van der Waals surface area contributed by atoms with Crippen molar-refractivity contribution in [3.8, 4) is 0 Å². The second-order valence-electron chi connectivity index (χ2n) is 6.75. The van der Waals surface area contributed by atoms with Crippen molar-refractivity contribution in [2.45, 2.75) is 11.8 Å². The Bertz CT molecular complexity index is 913. The Morgan fingerprint density at radius 1 is 0.926 bits per heavy atom. The first kappa shape index (κ1) is 17.7. The van der Waals surface area contributed by atoms with Gasteiger partial charge in [-0.15, -0.1) is 0 Å². The second kappa shape index (κ2) is 7.49. The van der Waals surface area contributed by atoms with Gasteiger partial charge in [0, 0.05) is 9.89 Å². The molecule has 0 aromatic heterocycles. The van der Waals surface area contributed by atoms with E-state index < -0.39 is 0 Å². The van der Waals surface area contributed by atoms with Gasteiger partial charge in [0.25, 0.3) is 0 Å². The van der Waals surface area contributed by atoms with Crippen LogP contribution in [0.3, 0.4) is 0 Å². The third kappa shape index (κ3) is 3.58. The molecule has 1 aliphatic rings. The number of halogens is 1. The number of hydrogen-bond donors (Lipinski definition) is 1. The summed E-state index contributed by atoms with van der Waals surface area (Å²) < 4.78 is 1.01. The van der Waals surface area contributed by atoms with Crippen LogP contribution in [-0.2, 0) is 10.2 Å². The van der Waals surface area contributed by atoms with E-state index in [1.807, 2.05) is 60.7 Å². The van der Waals surface area contributed by atoms with Crippen molar-refractivity contribution in [3.63, 3.8) is 0 Å². The molecule has 1 aliphatic carbocycles. The Morgan fingerprint density at radius 3 is 2.04 bits per heavy atom. The maximum absolute atomic E-state index is 12.8. The first-order chi connectivity index (χ1) is 13.2. The number of amides is 1. The number of hydrazone groups is 1. The SMILES string of the molecule is O=C(N/N=C\c1ccc(Br)cc1)[C@H]1CC1(c1ccccc1)c1ccccc1. The minimum Gasteiger partial charge on any atom is -0.273 e. The van der Waals surface area contributed by atoms with Gasteiger partial charge < -0.3 is 0 Å². The zero-order valence-electron chi connectivity index (χ0n) is 14.7. The highest BCUT2D eigenvalue weighted by Gasteiger charge is 2.60. The summed E-state index contributed by atoms with van der Waals surface area (Å²) in [6, 6.07) is 28.3. The molecule has 0 aliphatic heterocycles. The summed E-state index contributed by atoms with van der Waals surface area (Å²) in [4.78, 5) is 12.8. The van der Waals surface area contributed by atoms with Gasteiger partial charge in [-0.2, -0.15) is 5.10 Å². The standard InChI is InChI=1S/C23H19BrN2O/c24-20-13-11-17(12-14-20)16-25-26-22(27)21-15-23(21,18-7-3-1-4-8-18)19-9-5-2-6-10-19/h1-14,16,21H,15H2,(H,26,27)/b25-16-/t21-/m1/s1. The van der Waals surface area contributed by atoms with Crippen molar-refractivity contribution >= 4 is 28.1 Å². The van der Waals surface area contributed by atoms with Gasteiger partial charge in [0.05, 0.1) is 12.1 Å². The fourth-order valence-electron chi connectivity index (χ4n) is 3.65. The molecule has 0 saturated heterocycles. The first-order valence-corrected chi connectivity index (χ1v) is 9.69. The summed E-state index contributed by atoms with van der Waals surface area (Å²) in [6.45, 7) is 0. The molecule has 134 valence electrons. The molecule has 3 nitrogen and oxygen atoms in total. The van der Waals surface area contributed by atoms with E-state index in [0.29, 0.717) is 0 Å². The van der Waals surface area contributed by atoms with Crippen molar-refractivity contribution < 1.29 is 4.79 Å². The predicted octanol–water partition coefficient (Wildman–Crippen LogP) is 4.91. The van der Waals surface area contributed by atoms with Gasteiger partial charge in [-0.1, -0.05) is 88.7 Å². The predicted molar refractivity (Wildman–Crippen MR) is 112 cm³/mol. The highest BCUT2D eigenvalue weighted by Crippen LogP contribution is 2.58. The van der Waals surface area contributed by atoms with Crippen LogP contribution in [0.25, 0.3) is 0 Å². The Kier molecular flexibility index (Phi) is 4.90. The summed E-state index contributed by atoms with van der Waals surface area (Å²) in [5.41, 5.74) is 5.74. The van der Waals surface area contributed by atoms with E-state index in [2.05, 4.69) is 50.7 Å². The molecule has 0 unspecified atom stereocenters. The molecule has 1 atom stereocenters. The molecular weight excluding hydrogens is 400 g/mol. The van der Waals surface area contributed by atoms with Crippen molar-refractivity contribution in [1.82, 2.24) is 5.43 Å². The minimum absolute atomic E-state index is 0.0453. The number of nitrogens with zero attached hydrogens (tertiary/aromatic N) is 1. The molecule has 0 heterocycles. The number of benzene rings is 3. The van der Waals surface area contributed by atoms with Crippen molar-refractivity contribution in [3.05, 3.63) is 106 Å². The molecule has 1 N–H and O–H groups in total. The van der Waals surface area contributed by atoms with E-state index >= 15 is 0 Å². The molecule has 0 radical (unpaired) electrons. The van der Waals surface area contributed by atoms with Crippen molar-refractivity contribution in [1.29, 1.82) is 0 Å². The summed E-state index contributed by atoms with van der Waals surface area (Å²) in [6.07, 6.45) is 2.46. The maximum atomic E-state index is 12.8. The van der Waals surface area contributed by atoms with Crippen LogP contribution in [0, 0.1) is 5.92 Å². The highest BCUT2D eigenvalue weighted by molar-refractivity contribution is 9.10. The van der Waals surface area contributed by atoms with E-state index in [-0.39, 0.29) is 17.2 Å². The van der Waals surface area contributed by atoms with Crippen molar-refractivity contribution in [2.75, 3.05) is 0 Å². The van der Waals surface area contributed by atoms with Crippen LogP contribution in [-0.4, -0.2) is 12.1 Å². The van der Waals surface area contributed by atoms with E-state index in [1.54, 1.807) is 6.21 Å². The molecule has 4 rings (SSSR count). The van der Waals surface area contributed by atoms with Crippen LogP contribution >= 0.6 is 15.9 Å². The van der Waals surface area contributed by atoms with Gasteiger partial charge in [0.1, 0.15) is 0 Å². The second-order valence-corrected chi connectivity index (χ2v) is 7.66. The molecule has 1 saturated carbocycles. The van der Waals surface area contributed by atoms with Crippen LogP contribution in [0.4, 0.5) is 0 Å². The third-order valence-corrected chi connectivity index (χ3v) is 5.64. The van der Waals surface area contributed by atoms with Gasteiger partial charge in [-0.3, -0.25) is 4.79 Å². The Balaban J connectivity index is 1.53. The molecule has 0 spiro atoms. The number of carbonyl (C=O) groups excluding carboxylic acids is 1. The highest BCUT2D eigenvalue weighted by atomic mass is 79.9. The van der Waals surface area contributed by atoms with E-state index in [1.165, 1.54) is 11.1 Å². The van der Waals surface area contributed by atoms with Gasteiger partial charge >= 0.3 is 0 Å². The molecule has 3 aromatic rings. The lowest BCUT2D eigenvalue weighted by Gasteiger charge is -2.18. The topological polar surface area (TPSA) is 41.5 Å². The fourth-order valence-corrected chi connectivity index (χ4v) is 3.92. The van der Waals surface area contributed by atoms with Crippen LogP contribution < -0.4 is 5.43 Å². The van der Waals surface area contributed by atoms with Crippen LogP contribution in [0.2, 0.25) is 0 Å². The largest absolute Gasteiger partial charge is 0.273 e. The average molecular weight is 419 g/mol. The Labute approximate surface area is 167 Å². The smallest absolute Gasteiger partial charge is 0.244 e. The number of hydrogen-bond acceptors (Lipinski definition) is 2. The molecule has 27 heavy (non-hydrogen) atoms. The Morgan fingerprint density at radius 2 is 1.48 bits per heavy atom. The van der Waals surface area contributed by atoms with Gasteiger partial charge in [0.2, 0.25) is 5.91 Å². The van der Waals surface area contributed by atoms with E-state index in [9.17, 15) is 4.79 Å². The molecule has 3 aromatic carbocycles. The summed E-state index contributed by atoms with van der Waals surface area (Å²) in [5, 5.41) is 4.15. The third-order valence-electron chi connectivity index (χ3n) is 5.11. The molecule has 4 heteroatoms.